The quantitative estimate of drug-likeness (QED) is 0.817. The van der Waals surface area contributed by atoms with Crippen molar-refractivity contribution in [1.82, 2.24) is 14.9 Å². The first-order chi connectivity index (χ1) is 9.65. The summed E-state index contributed by atoms with van der Waals surface area (Å²) in [6.45, 7) is 2.28. The normalized spacial score (nSPS) is 10.3. The number of amides is 1. The number of aromatic nitrogens is 2. The Balaban J connectivity index is 2.09. The van der Waals surface area contributed by atoms with Crippen LogP contribution in [0.2, 0.25) is 0 Å². The van der Waals surface area contributed by atoms with E-state index in [1.807, 2.05) is 6.92 Å². The summed E-state index contributed by atoms with van der Waals surface area (Å²) >= 11 is 1.10. The van der Waals surface area contributed by atoms with Gasteiger partial charge in [-0.3, -0.25) is 4.79 Å². The molecule has 0 aliphatic carbocycles. The largest absolute Gasteiger partial charge is 0.496 e. The summed E-state index contributed by atoms with van der Waals surface area (Å²) < 4.78 is 9.04. The first-order valence-corrected chi connectivity index (χ1v) is 6.94. The van der Waals surface area contributed by atoms with E-state index in [0.717, 1.165) is 17.1 Å². The van der Waals surface area contributed by atoms with E-state index in [4.69, 9.17) is 10.5 Å². The average molecular weight is 292 g/mol. The lowest BCUT2D eigenvalue weighted by atomic mass is 10.1. The molecule has 106 valence electrons. The fraction of sp³-hybridized carbons (Fsp3) is 0.308. The summed E-state index contributed by atoms with van der Waals surface area (Å²) in [5.41, 5.74) is 7.92. The van der Waals surface area contributed by atoms with Crippen LogP contribution < -0.4 is 15.8 Å². The molecule has 0 atom stereocenters. The number of anilines is 1. The molecule has 0 bridgehead atoms. The van der Waals surface area contributed by atoms with E-state index < -0.39 is 0 Å². The highest BCUT2D eigenvalue weighted by molar-refractivity contribution is 7.08. The SMILES string of the molecule is CCc1nnsc1C(=O)NCc1cc(N)ccc1OC. The van der Waals surface area contributed by atoms with Gasteiger partial charge in [0.1, 0.15) is 10.6 Å². The lowest BCUT2D eigenvalue weighted by Crippen LogP contribution is -2.23. The Morgan fingerprint density at radius 3 is 3.00 bits per heavy atom. The Morgan fingerprint density at radius 1 is 1.50 bits per heavy atom. The van der Waals surface area contributed by atoms with Crippen LogP contribution in [0.1, 0.15) is 27.9 Å². The predicted molar refractivity (Wildman–Crippen MR) is 77.9 cm³/mol. The maximum Gasteiger partial charge on any atom is 0.265 e. The molecule has 2 aromatic rings. The summed E-state index contributed by atoms with van der Waals surface area (Å²) in [5.74, 6) is 0.513. The molecule has 0 aliphatic heterocycles. The van der Waals surface area contributed by atoms with Crippen molar-refractivity contribution in [3.8, 4) is 5.75 Å². The van der Waals surface area contributed by atoms with E-state index >= 15 is 0 Å². The van der Waals surface area contributed by atoms with Gasteiger partial charge in [0.25, 0.3) is 5.91 Å². The van der Waals surface area contributed by atoms with Crippen LogP contribution >= 0.6 is 11.5 Å². The molecule has 3 N–H and O–H groups in total. The Hall–Kier alpha value is -2.15. The maximum absolute atomic E-state index is 12.1. The van der Waals surface area contributed by atoms with E-state index in [1.165, 1.54) is 0 Å². The third-order valence-electron chi connectivity index (χ3n) is 2.84. The van der Waals surface area contributed by atoms with Crippen LogP contribution in [0.25, 0.3) is 0 Å². The number of carbonyl (C=O) groups is 1. The molecule has 1 heterocycles. The number of hydrogen-bond acceptors (Lipinski definition) is 6. The molecule has 0 saturated carbocycles. The van der Waals surface area contributed by atoms with Gasteiger partial charge >= 0.3 is 0 Å². The topological polar surface area (TPSA) is 90.1 Å². The number of aryl methyl sites for hydroxylation is 1. The van der Waals surface area contributed by atoms with Crippen LogP contribution in [-0.2, 0) is 13.0 Å². The number of methoxy groups -OCH3 is 1. The van der Waals surface area contributed by atoms with Crippen LogP contribution in [-0.4, -0.2) is 22.6 Å². The smallest absolute Gasteiger partial charge is 0.265 e. The van der Waals surface area contributed by atoms with Crippen molar-refractivity contribution in [1.29, 1.82) is 0 Å². The standard InChI is InChI=1S/C13H16N4O2S/c1-3-10-12(20-17-16-10)13(18)15-7-8-6-9(14)4-5-11(8)19-2/h4-6H,3,7,14H2,1-2H3,(H,15,18). The Kier molecular flexibility index (Phi) is 4.52. The van der Waals surface area contributed by atoms with Crippen LogP contribution in [0, 0.1) is 0 Å². The first-order valence-electron chi connectivity index (χ1n) is 6.17. The molecule has 0 saturated heterocycles. The minimum Gasteiger partial charge on any atom is -0.496 e. The lowest BCUT2D eigenvalue weighted by molar-refractivity contribution is 0.0953. The summed E-state index contributed by atoms with van der Waals surface area (Å²) in [6.07, 6.45) is 0.681. The minimum absolute atomic E-state index is 0.179. The van der Waals surface area contributed by atoms with Crippen LogP contribution in [0.4, 0.5) is 5.69 Å². The van der Waals surface area contributed by atoms with Crippen LogP contribution in [0.3, 0.4) is 0 Å². The molecule has 1 amide bonds. The lowest BCUT2D eigenvalue weighted by Gasteiger charge is -2.10. The number of rotatable bonds is 5. The molecule has 1 aromatic heterocycles. The molecule has 0 aliphatic rings. The van der Waals surface area contributed by atoms with E-state index in [0.29, 0.717) is 35.0 Å². The second-order valence-corrected chi connectivity index (χ2v) is 4.91. The van der Waals surface area contributed by atoms with Crippen molar-refractivity contribution in [3.63, 3.8) is 0 Å². The second-order valence-electron chi connectivity index (χ2n) is 4.16. The van der Waals surface area contributed by atoms with Gasteiger partial charge in [-0.25, -0.2) is 0 Å². The Bertz CT molecular complexity index is 612. The molecule has 0 unspecified atom stereocenters. The maximum atomic E-state index is 12.1. The van der Waals surface area contributed by atoms with Crippen LogP contribution in [0.15, 0.2) is 18.2 Å². The fourth-order valence-electron chi connectivity index (χ4n) is 1.80. The van der Waals surface area contributed by atoms with Crippen molar-refractivity contribution >= 4 is 23.1 Å². The number of nitrogens with one attached hydrogen (secondary N) is 1. The monoisotopic (exact) mass is 292 g/mol. The summed E-state index contributed by atoms with van der Waals surface area (Å²) in [6, 6.07) is 5.32. The molecular weight excluding hydrogens is 276 g/mol. The zero-order valence-electron chi connectivity index (χ0n) is 11.3. The summed E-state index contributed by atoms with van der Waals surface area (Å²) in [7, 11) is 1.58. The van der Waals surface area contributed by atoms with E-state index in [1.54, 1.807) is 25.3 Å². The van der Waals surface area contributed by atoms with Crippen molar-refractivity contribution < 1.29 is 9.53 Å². The molecule has 7 heteroatoms. The van der Waals surface area contributed by atoms with E-state index in [2.05, 4.69) is 14.9 Å². The number of benzene rings is 1. The van der Waals surface area contributed by atoms with Gasteiger partial charge in [-0.15, -0.1) is 5.10 Å². The number of ether oxygens (including phenoxy) is 1. The van der Waals surface area contributed by atoms with Gasteiger partial charge < -0.3 is 15.8 Å². The molecule has 6 nitrogen and oxygen atoms in total. The van der Waals surface area contributed by atoms with Crippen molar-refractivity contribution in [2.24, 2.45) is 0 Å². The highest BCUT2D eigenvalue weighted by Crippen LogP contribution is 2.21. The Morgan fingerprint density at radius 2 is 2.30 bits per heavy atom. The molecule has 0 spiro atoms. The number of nitrogens with zero attached hydrogens (tertiary/aromatic N) is 2. The third kappa shape index (κ3) is 3.05. The van der Waals surface area contributed by atoms with Gasteiger partial charge in [0.2, 0.25) is 0 Å². The Labute approximate surface area is 121 Å². The predicted octanol–water partition coefficient (Wildman–Crippen LogP) is 1.62. The highest BCUT2D eigenvalue weighted by Gasteiger charge is 2.15. The van der Waals surface area contributed by atoms with E-state index in [9.17, 15) is 4.79 Å². The van der Waals surface area contributed by atoms with Gasteiger partial charge in [-0.2, -0.15) is 0 Å². The first kappa shape index (κ1) is 14.3. The van der Waals surface area contributed by atoms with Crippen molar-refractivity contribution in [2.75, 3.05) is 12.8 Å². The number of nitrogen functional groups attached to an aromatic ring is 1. The molecule has 0 radical (unpaired) electrons. The molecule has 2 rings (SSSR count). The molecular formula is C13H16N4O2S. The van der Waals surface area contributed by atoms with Crippen LogP contribution in [0.5, 0.6) is 5.75 Å². The van der Waals surface area contributed by atoms with E-state index in [-0.39, 0.29) is 5.91 Å². The van der Waals surface area contributed by atoms with Gasteiger partial charge in [-0.1, -0.05) is 11.4 Å². The minimum atomic E-state index is -0.179. The number of nitrogens with two attached hydrogens (primary N) is 1. The third-order valence-corrected chi connectivity index (χ3v) is 3.61. The summed E-state index contributed by atoms with van der Waals surface area (Å²) in [5, 5.41) is 6.76. The van der Waals surface area contributed by atoms with Gasteiger partial charge in [0.05, 0.1) is 12.8 Å². The van der Waals surface area contributed by atoms with Crippen molar-refractivity contribution in [3.05, 3.63) is 34.3 Å². The zero-order valence-corrected chi connectivity index (χ0v) is 12.2. The fourth-order valence-corrected chi connectivity index (χ4v) is 2.47. The summed E-state index contributed by atoms with van der Waals surface area (Å²) in [4.78, 5) is 12.6. The molecule has 20 heavy (non-hydrogen) atoms. The zero-order chi connectivity index (χ0) is 14.5. The molecule has 1 aromatic carbocycles. The molecule has 0 fully saturated rings. The van der Waals surface area contributed by atoms with Gasteiger partial charge in [0, 0.05) is 17.8 Å². The van der Waals surface area contributed by atoms with Crippen molar-refractivity contribution in [2.45, 2.75) is 19.9 Å². The average Bonchev–Trinajstić information content (AvgIpc) is 2.93. The van der Waals surface area contributed by atoms with Gasteiger partial charge in [0.15, 0.2) is 0 Å². The number of hydrogen-bond donors (Lipinski definition) is 2. The highest BCUT2D eigenvalue weighted by atomic mass is 32.1. The number of carbonyl (C=O) groups excluding carboxylic acids is 1. The second kappa shape index (κ2) is 6.33. The van der Waals surface area contributed by atoms with Gasteiger partial charge in [-0.05, 0) is 36.2 Å².